The number of carbonyl (C=O) groups is 1. The number of rotatable bonds is 5. The number of aromatic amines is 1. The van der Waals surface area contributed by atoms with Crippen LogP contribution in [0.25, 0.3) is 10.8 Å². The van der Waals surface area contributed by atoms with E-state index in [2.05, 4.69) is 10.3 Å². The van der Waals surface area contributed by atoms with Crippen LogP contribution in [0.1, 0.15) is 0 Å². The van der Waals surface area contributed by atoms with E-state index in [1.165, 1.54) is 7.11 Å². The highest BCUT2D eigenvalue weighted by atomic mass is 16.5. The van der Waals surface area contributed by atoms with Gasteiger partial charge in [0.25, 0.3) is 5.56 Å². The molecule has 2 aromatic rings. The number of methoxy groups -OCH3 is 1. The summed E-state index contributed by atoms with van der Waals surface area (Å²) in [6.45, 7) is 0.00416. The third-order valence-electron chi connectivity index (χ3n) is 2.71. The van der Waals surface area contributed by atoms with Gasteiger partial charge in [-0.2, -0.15) is 0 Å². The Morgan fingerprint density at radius 1 is 1.47 bits per heavy atom. The normalized spacial score (nSPS) is 12.3. The van der Waals surface area contributed by atoms with Crippen molar-refractivity contribution in [1.82, 2.24) is 4.98 Å². The largest absolute Gasteiger partial charge is 0.480 e. The van der Waals surface area contributed by atoms with E-state index in [1.807, 2.05) is 6.07 Å². The van der Waals surface area contributed by atoms with Crippen LogP contribution >= 0.6 is 0 Å². The van der Waals surface area contributed by atoms with Gasteiger partial charge in [-0.25, -0.2) is 4.79 Å². The fourth-order valence-electron chi connectivity index (χ4n) is 1.82. The zero-order valence-corrected chi connectivity index (χ0v) is 10.3. The van der Waals surface area contributed by atoms with Gasteiger partial charge < -0.3 is 20.1 Å². The fourth-order valence-corrected chi connectivity index (χ4v) is 1.82. The molecule has 0 aliphatic heterocycles. The van der Waals surface area contributed by atoms with E-state index in [0.29, 0.717) is 11.2 Å². The zero-order valence-electron chi connectivity index (χ0n) is 10.3. The lowest BCUT2D eigenvalue weighted by molar-refractivity contribution is -0.139. The van der Waals surface area contributed by atoms with Gasteiger partial charge in [0.05, 0.1) is 6.61 Å². The number of hydrogen-bond acceptors (Lipinski definition) is 4. The van der Waals surface area contributed by atoms with E-state index < -0.39 is 12.0 Å². The minimum Gasteiger partial charge on any atom is -0.480 e. The van der Waals surface area contributed by atoms with Crippen LogP contribution in [0.4, 0.5) is 5.82 Å². The first-order valence-corrected chi connectivity index (χ1v) is 5.72. The second-order valence-electron chi connectivity index (χ2n) is 4.09. The molecular weight excluding hydrogens is 248 g/mol. The number of carboxylic acid groups (broad SMARTS) is 1. The van der Waals surface area contributed by atoms with Gasteiger partial charge in [-0.1, -0.05) is 18.2 Å². The molecule has 0 saturated carbocycles. The topological polar surface area (TPSA) is 91.4 Å². The summed E-state index contributed by atoms with van der Waals surface area (Å²) in [4.78, 5) is 25.5. The maximum Gasteiger partial charge on any atom is 0.328 e. The van der Waals surface area contributed by atoms with Crippen molar-refractivity contribution < 1.29 is 14.6 Å². The van der Waals surface area contributed by atoms with E-state index in [-0.39, 0.29) is 12.2 Å². The number of nitrogens with one attached hydrogen (secondary N) is 2. The van der Waals surface area contributed by atoms with E-state index in [4.69, 9.17) is 9.84 Å². The first-order valence-electron chi connectivity index (χ1n) is 5.72. The Bertz CT molecular complexity index is 650. The van der Waals surface area contributed by atoms with Crippen molar-refractivity contribution in [2.45, 2.75) is 6.04 Å². The molecule has 1 aromatic carbocycles. The number of aromatic nitrogens is 1. The lowest BCUT2D eigenvalue weighted by atomic mass is 10.2. The van der Waals surface area contributed by atoms with Crippen LogP contribution in [0.3, 0.4) is 0 Å². The summed E-state index contributed by atoms with van der Waals surface area (Å²) >= 11 is 0. The van der Waals surface area contributed by atoms with Gasteiger partial charge in [-0.3, -0.25) is 4.79 Å². The summed E-state index contributed by atoms with van der Waals surface area (Å²) in [5.74, 6) is -0.691. The Balaban J connectivity index is 2.35. The maximum absolute atomic E-state index is 11.8. The highest BCUT2D eigenvalue weighted by Crippen LogP contribution is 2.13. The first-order chi connectivity index (χ1) is 9.11. The molecule has 3 N–H and O–H groups in total. The smallest absolute Gasteiger partial charge is 0.328 e. The summed E-state index contributed by atoms with van der Waals surface area (Å²) in [6, 6.07) is 7.87. The minimum atomic E-state index is -1.05. The molecule has 1 aromatic heterocycles. The summed E-state index contributed by atoms with van der Waals surface area (Å²) in [5, 5.41) is 13.1. The Hall–Kier alpha value is -2.34. The lowest BCUT2D eigenvalue weighted by Gasteiger charge is -2.14. The third kappa shape index (κ3) is 2.92. The Morgan fingerprint density at radius 3 is 2.89 bits per heavy atom. The van der Waals surface area contributed by atoms with Crippen molar-refractivity contribution in [2.75, 3.05) is 19.0 Å². The molecule has 0 aliphatic rings. The van der Waals surface area contributed by atoms with Gasteiger partial charge >= 0.3 is 5.97 Å². The molecule has 6 heteroatoms. The molecule has 2 rings (SSSR count). The number of aliphatic carboxylic acids is 1. The second-order valence-corrected chi connectivity index (χ2v) is 4.09. The zero-order chi connectivity index (χ0) is 13.8. The van der Waals surface area contributed by atoms with Crippen LogP contribution in [0.5, 0.6) is 0 Å². The molecule has 0 spiro atoms. The SMILES string of the molecule is COCC(Nc1cc2ccccc2c(=O)[nH]1)C(=O)O. The van der Waals surface area contributed by atoms with E-state index in [9.17, 15) is 9.59 Å². The Labute approximate surface area is 109 Å². The molecular formula is C13H14N2O4. The molecule has 0 saturated heterocycles. The van der Waals surface area contributed by atoms with Gasteiger partial charge in [0.2, 0.25) is 0 Å². The Kier molecular flexibility index (Phi) is 3.82. The Morgan fingerprint density at radius 2 is 2.21 bits per heavy atom. The van der Waals surface area contributed by atoms with Gasteiger partial charge in [0.1, 0.15) is 11.9 Å². The number of ether oxygens (including phenoxy) is 1. The van der Waals surface area contributed by atoms with E-state index in [1.54, 1.807) is 24.3 Å². The minimum absolute atomic E-state index is 0.00416. The van der Waals surface area contributed by atoms with Crippen molar-refractivity contribution in [1.29, 1.82) is 0 Å². The highest BCUT2D eigenvalue weighted by molar-refractivity contribution is 5.84. The van der Waals surface area contributed by atoms with Crippen LogP contribution in [0.2, 0.25) is 0 Å². The monoisotopic (exact) mass is 262 g/mol. The summed E-state index contributed by atoms with van der Waals surface area (Å²) in [6.07, 6.45) is 0. The fraction of sp³-hybridized carbons (Fsp3) is 0.231. The van der Waals surface area contributed by atoms with Crippen molar-refractivity contribution in [3.63, 3.8) is 0 Å². The van der Waals surface area contributed by atoms with Gasteiger partial charge in [0.15, 0.2) is 0 Å². The predicted molar refractivity (Wildman–Crippen MR) is 71.5 cm³/mol. The van der Waals surface area contributed by atoms with Crippen LogP contribution in [-0.2, 0) is 9.53 Å². The number of hydrogen-bond donors (Lipinski definition) is 3. The molecule has 0 aliphatic carbocycles. The van der Waals surface area contributed by atoms with Gasteiger partial charge in [-0.15, -0.1) is 0 Å². The van der Waals surface area contributed by atoms with Crippen molar-refractivity contribution in [3.05, 3.63) is 40.7 Å². The molecule has 0 radical (unpaired) electrons. The number of carboxylic acids is 1. The molecule has 19 heavy (non-hydrogen) atoms. The van der Waals surface area contributed by atoms with E-state index >= 15 is 0 Å². The van der Waals surface area contributed by atoms with Crippen molar-refractivity contribution in [3.8, 4) is 0 Å². The number of anilines is 1. The van der Waals surface area contributed by atoms with Gasteiger partial charge in [0, 0.05) is 12.5 Å². The molecule has 100 valence electrons. The quantitative estimate of drug-likeness (QED) is 0.748. The van der Waals surface area contributed by atoms with Crippen LogP contribution in [0, 0.1) is 0 Å². The van der Waals surface area contributed by atoms with Crippen LogP contribution in [0.15, 0.2) is 35.1 Å². The molecule has 0 fully saturated rings. The lowest BCUT2D eigenvalue weighted by Crippen LogP contribution is -2.34. The number of pyridine rings is 1. The average Bonchev–Trinajstić information content (AvgIpc) is 2.38. The number of fused-ring (bicyclic) bond motifs is 1. The molecule has 1 unspecified atom stereocenters. The van der Waals surface area contributed by atoms with Gasteiger partial charge in [-0.05, 0) is 17.5 Å². The molecule has 1 heterocycles. The third-order valence-corrected chi connectivity index (χ3v) is 2.71. The van der Waals surface area contributed by atoms with E-state index in [0.717, 1.165) is 5.39 Å². The van der Waals surface area contributed by atoms with Crippen molar-refractivity contribution >= 4 is 22.6 Å². The number of benzene rings is 1. The summed E-state index contributed by atoms with van der Waals surface area (Å²) in [7, 11) is 1.42. The standard InChI is InChI=1S/C13H14N2O4/c1-19-7-10(13(17)18)14-11-6-8-4-2-3-5-9(8)12(16)15-11/h2-6,10H,7H2,1H3,(H,17,18)(H2,14,15,16). The van der Waals surface area contributed by atoms with Crippen LogP contribution < -0.4 is 10.9 Å². The molecule has 0 amide bonds. The molecule has 0 bridgehead atoms. The summed E-state index contributed by atoms with van der Waals surface area (Å²) < 4.78 is 4.82. The van der Waals surface area contributed by atoms with Crippen LogP contribution in [-0.4, -0.2) is 35.8 Å². The van der Waals surface area contributed by atoms with Crippen molar-refractivity contribution in [2.24, 2.45) is 0 Å². The summed E-state index contributed by atoms with van der Waals surface area (Å²) in [5.41, 5.74) is -0.262. The molecule has 6 nitrogen and oxygen atoms in total. The predicted octanol–water partition coefficient (Wildman–Crippen LogP) is 1.04. The average molecular weight is 262 g/mol. The highest BCUT2D eigenvalue weighted by Gasteiger charge is 2.17. The molecule has 1 atom stereocenters. The first kappa shape index (κ1) is 13.1. The number of H-pyrrole nitrogens is 1. The second kappa shape index (κ2) is 5.53. The maximum atomic E-state index is 11.8.